The fraction of sp³-hybridized carbons (Fsp3) is 0.964. The third kappa shape index (κ3) is 4.03. The third-order valence-corrected chi connectivity index (χ3v) is 11.8. The second kappa shape index (κ2) is 9.10. The van der Waals surface area contributed by atoms with Gasteiger partial charge in [-0.15, -0.1) is 0 Å². The van der Waals surface area contributed by atoms with E-state index in [-0.39, 0.29) is 16.8 Å². The van der Waals surface area contributed by atoms with Crippen molar-refractivity contribution in [1.29, 1.82) is 0 Å². The summed E-state index contributed by atoms with van der Waals surface area (Å²) in [6.45, 7) is 13.2. The lowest BCUT2D eigenvalue weighted by atomic mass is 9.42. The Hall–Kier alpha value is 0.200. The Kier molecular flexibility index (Phi) is 7.14. The van der Waals surface area contributed by atoms with Crippen LogP contribution in [0.2, 0.25) is 0 Å². The predicted octanol–water partition coefficient (Wildman–Crippen LogP) is 8.07. The summed E-state index contributed by atoms with van der Waals surface area (Å²) in [5.74, 6) is 5.28. The average Bonchev–Trinajstić information content (AvgIpc) is 3.26. The lowest BCUT2D eigenvalue weighted by Gasteiger charge is -2.62. The standard InChI is InChI=1S/C28H47IO2/c1-19(2)7-6-8-20(3)22-9-10-23-21-11-14-28(17-25(30)31-18-28)27(5,15-16-29)24(21)12-13-26(22,23)4/h19-24H,6-18H2,1-5H3/t20-,21+,22-,23+,24+,26-,27-,28+/m1/s1. The molecule has 0 radical (unpaired) electrons. The van der Waals surface area contributed by atoms with Gasteiger partial charge >= 0.3 is 5.97 Å². The van der Waals surface area contributed by atoms with Crippen molar-refractivity contribution in [3.8, 4) is 0 Å². The quantitative estimate of drug-likeness (QED) is 0.185. The summed E-state index contributed by atoms with van der Waals surface area (Å²) in [4.78, 5) is 12.2. The number of esters is 1. The normalized spacial score (nSPS) is 45.6. The number of fused-ring (bicyclic) bond motifs is 3. The van der Waals surface area contributed by atoms with Gasteiger partial charge < -0.3 is 4.74 Å². The zero-order chi connectivity index (χ0) is 22.4. The summed E-state index contributed by atoms with van der Waals surface area (Å²) in [6, 6.07) is 0. The Morgan fingerprint density at radius 3 is 2.45 bits per heavy atom. The van der Waals surface area contributed by atoms with Crippen LogP contribution in [0, 0.1) is 51.8 Å². The molecule has 0 aromatic heterocycles. The molecule has 1 spiro atoms. The Labute approximate surface area is 205 Å². The highest BCUT2D eigenvalue weighted by Crippen LogP contribution is 2.70. The number of cyclic esters (lactones) is 1. The molecule has 4 fully saturated rings. The van der Waals surface area contributed by atoms with Crippen LogP contribution in [0.3, 0.4) is 0 Å². The molecule has 1 aliphatic heterocycles. The van der Waals surface area contributed by atoms with Crippen molar-refractivity contribution in [2.24, 2.45) is 51.8 Å². The Bertz CT molecular complexity index is 661. The molecule has 3 saturated carbocycles. The van der Waals surface area contributed by atoms with Crippen LogP contribution in [-0.4, -0.2) is 17.0 Å². The second-order valence-corrected chi connectivity index (χ2v) is 14.0. The zero-order valence-electron chi connectivity index (χ0n) is 20.9. The molecule has 0 N–H and O–H groups in total. The van der Waals surface area contributed by atoms with Crippen molar-refractivity contribution in [3.05, 3.63) is 0 Å². The number of ether oxygens (including phenoxy) is 1. The van der Waals surface area contributed by atoms with E-state index < -0.39 is 0 Å². The van der Waals surface area contributed by atoms with E-state index in [0.717, 1.165) is 35.5 Å². The number of rotatable bonds is 7. The van der Waals surface area contributed by atoms with Gasteiger partial charge in [-0.25, -0.2) is 0 Å². The monoisotopic (exact) mass is 542 g/mol. The van der Waals surface area contributed by atoms with E-state index in [2.05, 4.69) is 57.2 Å². The molecule has 0 unspecified atom stereocenters. The summed E-state index contributed by atoms with van der Waals surface area (Å²) in [7, 11) is 0. The molecule has 1 heterocycles. The van der Waals surface area contributed by atoms with Crippen LogP contribution in [0.5, 0.6) is 0 Å². The van der Waals surface area contributed by atoms with Crippen molar-refractivity contribution in [2.45, 2.75) is 105 Å². The number of carbonyl (C=O) groups is 1. The van der Waals surface area contributed by atoms with Crippen LogP contribution in [0.25, 0.3) is 0 Å². The predicted molar refractivity (Wildman–Crippen MR) is 137 cm³/mol. The summed E-state index contributed by atoms with van der Waals surface area (Å²) < 4.78 is 6.83. The fourth-order valence-corrected chi connectivity index (χ4v) is 10.5. The first-order chi connectivity index (χ1) is 14.7. The molecule has 4 rings (SSSR count). The van der Waals surface area contributed by atoms with Crippen molar-refractivity contribution in [3.63, 3.8) is 0 Å². The van der Waals surface area contributed by atoms with E-state index >= 15 is 0 Å². The highest BCUT2D eigenvalue weighted by Gasteiger charge is 2.65. The number of halogens is 1. The first-order valence-corrected chi connectivity index (χ1v) is 14.9. The lowest BCUT2D eigenvalue weighted by Crippen LogP contribution is -2.57. The molecule has 2 nitrogen and oxygen atoms in total. The lowest BCUT2D eigenvalue weighted by molar-refractivity contribution is -0.143. The molecule has 3 heteroatoms. The number of hydrogen-bond donors (Lipinski definition) is 0. The van der Waals surface area contributed by atoms with Crippen molar-refractivity contribution in [1.82, 2.24) is 0 Å². The first-order valence-electron chi connectivity index (χ1n) is 13.4. The Morgan fingerprint density at radius 2 is 1.81 bits per heavy atom. The highest BCUT2D eigenvalue weighted by atomic mass is 127. The molecule has 0 aromatic carbocycles. The third-order valence-electron chi connectivity index (χ3n) is 11.2. The molecule has 8 atom stereocenters. The molecule has 0 aromatic rings. The van der Waals surface area contributed by atoms with Gasteiger partial charge in [0.25, 0.3) is 0 Å². The molecule has 4 aliphatic rings. The minimum atomic E-state index is 0.0648. The first kappa shape index (κ1) is 24.3. The maximum atomic E-state index is 12.2. The summed E-state index contributed by atoms with van der Waals surface area (Å²) in [5.41, 5.74) is 0.939. The summed E-state index contributed by atoms with van der Waals surface area (Å²) >= 11 is 2.58. The van der Waals surface area contributed by atoms with Gasteiger partial charge in [0.2, 0.25) is 0 Å². The largest absolute Gasteiger partial charge is 0.465 e. The van der Waals surface area contributed by atoms with Gasteiger partial charge in [0, 0.05) is 9.84 Å². The van der Waals surface area contributed by atoms with Crippen molar-refractivity contribution in [2.75, 3.05) is 11.0 Å². The van der Waals surface area contributed by atoms with Crippen molar-refractivity contribution < 1.29 is 9.53 Å². The van der Waals surface area contributed by atoms with E-state index in [1.165, 1.54) is 68.6 Å². The number of hydrogen-bond acceptors (Lipinski definition) is 2. The topological polar surface area (TPSA) is 26.3 Å². The molecule has 0 amide bonds. The molecule has 0 bridgehead atoms. The molecular weight excluding hydrogens is 495 g/mol. The van der Waals surface area contributed by atoms with Crippen LogP contribution in [0.1, 0.15) is 105 Å². The Morgan fingerprint density at radius 1 is 1.03 bits per heavy atom. The van der Waals surface area contributed by atoms with E-state index in [1.807, 2.05) is 0 Å². The molecule has 1 saturated heterocycles. The van der Waals surface area contributed by atoms with Crippen LogP contribution in [0.15, 0.2) is 0 Å². The summed E-state index contributed by atoms with van der Waals surface area (Å²) in [5, 5.41) is 0. The second-order valence-electron chi connectivity index (χ2n) is 12.9. The minimum Gasteiger partial charge on any atom is -0.465 e. The maximum Gasteiger partial charge on any atom is 0.306 e. The van der Waals surface area contributed by atoms with Crippen LogP contribution in [-0.2, 0) is 9.53 Å². The SMILES string of the molecule is CC(C)CCC[C@@H](C)[C@H]1CC[C@H]2[C@@H]3CC[C@]4(COC(=O)C4)[C@](C)(CCI)[C@H]3CC[C@]12C. The van der Waals surface area contributed by atoms with Crippen LogP contribution < -0.4 is 0 Å². The maximum absolute atomic E-state index is 12.2. The van der Waals surface area contributed by atoms with Gasteiger partial charge in [-0.3, -0.25) is 4.79 Å². The average molecular weight is 543 g/mol. The van der Waals surface area contributed by atoms with Crippen LogP contribution >= 0.6 is 22.6 Å². The molecule has 31 heavy (non-hydrogen) atoms. The highest BCUT2D eigenvalue weighted by molar-refractivity contribution is 14.1. The zero-order valence-corrected chi connectivity index (χ0v) is 23.0. The number of carbonyl (C=O) groups excluding carboxylic acids is 1. The van der Waals surface area contributed by atoms with Gasteiger partial charge in [0.15, 0.2) is 0 Å². The van der Waals surface area contributed by atoms with E-state index in [0.29, 0.717) is 18.4 Å². The summed E-state index contributed by atoms with van der Waals surface area (Å²) in [6.07, 6.45) is 14.4. The Balaban J connectivity index is 1.53. The van der Waals surface area contributed by atoms with Gasteiger partial charge in [-0.05, 0) is 91.3 Å². The van der Waals surface area contributed by atoms with E-state index in [1.54, 1.807) is 0 Å². The van der Waals surface area contributed by atoms with E-state index in [9.17, 15) is 4.79 Å². The minimum absolute atomic E-state index is 0.0648. The van der Waals surface area contributed by atoms with Gasteiger partial charge in [-0.2, -0.15) is 0 Å². The van der Waals surface area contributed by atoms with E-state index in [4.69, 9.17) is 4.74 Å². The number of alkyl halides is 1. The molecule has 178 valence electrons. The van der Waals surface area contributed by atoms with Gasteiger partial charge in [0.05, 0.1) is 13.0 Å². The molecular formula is C28H47IO2. The van der Waals surface area contributed by atoms with Gasteiger partial charge in [0.1, 0.15) is 0 Å². The van der Waals surface area contributed by atoms with Crippen molar-refractivity contribution >= 4 is 28.6 Å². The smallest absolute Gasteiger partial charge is 0.306 e. The van der Waals surface area contributed by atoms with Crippen LogP contribution in [0.4, 0.5) is 0 Å². The van der Waals surface area contributed by atoms with Gasteiger partial charge in [-0.1, -0.05) is 76.5 Å². The molecule has 3 aliphatic carbocycles. The fourth-order valence-electron chi connectivity index (χ4n) is 9.40.